The number of aliphatic hydroxyl groups is 3. The molecule has 2 aromatic heterocycles. The van der Waals surface area contributed by atoms with Gasteiger partial charge in [-0.1, -0.05) is 32.1 Å². The number of imidazole rings is 1. The normalized spacial score (nSPS) is 28.0. The summed E-state index contributed by atoms with van der Waals surface area (Å²) in [4.78, 5) is 12.7. The molecule has 1 aliphatic heterocycles. The highest BCUT2D eigenvalue weighted by atomic mass is 16.6. The van der Waals surface area contributed by atoms with Crippen LogP contribution in [0.15, 0.2) is 11.4 Å². The monoisotopic (exact) mass is 419 g/mol. The zero-order valence-electron chi connectivity index (χ0n) is 16.8. The third kappa shape index (κ3) is 4.24. The molecule has 0 aromatic carbocycles. The summed E-state index contributed by atoms with van der Waals surface area (Å²) in [6.45, 7) is -0.416. The van der Waals surface area contributed by atoms with Gasteiger partial charge in [-0.15, -0.1) is 0 Å². The van der Waals surface area contributed by atoms with Crippen LogP contribution in [0.25, 0.3) is 11.2 Å². The summed E-state index contributed by atoms with van der Waals surface area (Å²) in [5.74, 6) is 1.14. The highest BCUT2D eigenvalue weighted by molar-refractivity contribution is 5.83. The van der Waals surface area contributed by atoms with E-state index in [2.05, 4.69) is 25.5 Å². The van der Waals surface area contributed by atoms with Crippen molar-refractivity contribution in [3.05, 3.63) is 6.33 Å². The number of hydrogen-bond acceptors (Lipinski definition) is 10. The van der Waals surface area contributed by atoms with Gasteiger partial charge in [-0.25, -0.2) is 10.4 Å². The Hall–Kier alpha value is -2.34. The molecule has 0 spiro atoms. The third-order valence-electron chi connectivity index (χ3n) is 5.92. The van der Waals surface area contributed by atoms with Crippen LogP contribution in [0.1, 0.15) is 51.2 Å². The number of nitrogens with two attached hydrogens (primary N) is 1. The molecule has 11 heteroatoms. The standard InChI is InChI=1S/C19H29N7O4/c20-16-13-17(26(10-21-13)18-15(29)14(28)12(9-27)30-18)24-19(23-16)25-22-8-4-7-11-5-2-1-3-6-11/h8,10-12,14-15,18,27-29H,1-7,9H2,(H3,20,23,24,25)/b22-8+/t12-,14-,15-,18?/m1/s1. The average Bonchev–Trinajstić information content (AvgIpc) is 3.30. The lowest BCUT2D eigenvalue weighted by Crippen LogP contribution is -2.33. The van der Waals surface area contributed by atoms with Gasteiger partial charge in [0.2, 0.25) is 5.95 Å². The Balaban J connectivity index is 1.45. The van der Waals surface area contributed by atoms with Crippen LogP contribution in [0, 0.1) is 5.92 Å². The predicted octanol–water partition coefficient (Wildman–Crippen LogP) is 0.778. The minimum atomic E-state index is -1.25. The molecular formula is C19H29N7O4. The number of anilines is 2. The van der Waals surface area contributed by atoms with E-state index in [0.717, 1.165) is 18.8 Å². The Morgan fingerprint density at radius 3 is 2.77 bits per heavy atom. The number of nitrogen functional groups attached to an aromatic ring is 1. The van der Waals surface area contributed by atoms with Gasteiger partial charge in [-0.3, -0.25) is 4.57 Å². The number of nitrogens with zero attached hydrogens (tertiary/aromatic N) is 5. The first kappa shape index (κ1) is 20.9. The summed E-state index contributed by atoms with van der Waals surface area (Å²) in [6, 6.07) is 0. The summed E-state index contributed by atoms with van der Waals surface area (Å²) in [7, 11) is 0. The van der Waals surface area contributed by atoms with E-state index in [1.807, 2.05) is 6.21 Å². The van der Waals surface area contributed by atoms with Gasteiger partial charge in [0.05, 0.1) is 12.9 Å². The van der Waals surface area contributed by atoms with E-state index in [-0.39, 0.29) is 11.8 Å². The molecule has 4 rings (SSSR count). The minimum Gasteiger partial charge on any atom is -0.394 e. The highest BCUT2D eigenvalue weighted by Crippen LogP contribution is 2.32. The van der Waals surface area contributed by atoms with Crippen molar-refractivity contribution in [3.8, 4) is 0 Å². The first-order valence-electron chi connectivity index (χ1n) is 10.5. The molecule has 1 unspecified atom stereocenters. The molecule has 1 saturated heterocycles. The van der Waals surface area contributed by atoms with Gasteiger partial charge in [0.1, 0.15) is 23.8 Å². The van der Waals surface area contributed by atoms with Crippen molar-refractivity contribution < 1.29 is 20.1 Å². The fourth-order valence-corrected chi connectivity index (χ4v) is 4.24. The van der Waals surface area contributed by atoms with Crippen LogP contribution in [-0.4, -0.2) is 66.0 Å². The van der Waals surface area contributed by atoms with Gasteiger partial charge in [0, 0.05) is 6.21 Å². The second-order valence-electron chi connectivity index (χ2n) is 7.99. The van der Waals surface area contributed by atoms with E-state index < -0.39 is 31.1 Å². The summed E-state index contributed by atoms with van der Waals surface area (Å²) in [6.07, 6.45) is 7.56. The molecule has 2 aromatic rings. The van der Waals surface area contributed by atoms with Crippen LogP contribution in [0.2, 0.25) is 0 Å². The molecule has 2 fully saturated rings. The quantitative estimate of drug-likeness (QED) is 0.322. The largest absolute Gasteiger partial charge is 0.394 e. The molecule has 30 heavy (non-hydrogen) atoms. The zero-order chi connectivity index (χ0) is 21.1. The van der Waals surface area contributed by atoms with Crippen molar-refractivity contribution in [2.75, 3.05) is 17.8 Å². The molecule has 0 radical (unpaired) electrons. The van der Waals surface area contributed by atoms with Crippen molar-refractivity contribution >= 4 is 29.1 Å². The van der Waals surface area contributed by atoms with Crippen LogP contribution in [0.4, 0.5) is 11.8 Å². The Morgan fingerprint density at radius 1 is 1.23 bits per heavy atom. The van der Waals surface area contributed by atoms with Crippen molar-refractivity contribution in [1.29, 1.82) is 0 Å². The fourth-order valence-electron chi connectivity index (χ4n) is 4.24. The highest BCUT2D eigenvalue weighted by Gasteiger charge is 2.44. The molecule has 1 aliphatic carbocycles. The number of ether oxygens (including phenoxy) is 1. The fraction of sp³-hybridized carbons (Fsp3) is 0.684. The zero-order valence-corrected chi connectivity index (χ0v) is 16.8. The van der Waals surface area contributed by atoms with Crippen molar-refractivity contribution in [3.63, 3.8) is 0 Å². The summed E-state index contributed by atoms with van der Waals surface area (Å²) >= 11 is 0. The third-order valence-corrected chi connectivity index (χ3v) is 5.92. The average molecular weight is 419 g/mol. The number of rotatable bonds is 7. The first-order valence-corrected chi connectivity index (χ1v) is 10.5. The Bertz CT molecular complexity index is 883. The van der Waals surface area contributed by atoms with Crippen LogP contribution in [0.5, 0.6) is 0 Å². The first-order chi connectivity index (χ1) is 14.6. The smallest absolute Gasteiger partial charge is 0.247 e. The molecule has 4 atom stereocenters. The minimum absolute atomic E-state index is 0.158. The topological polar surface area (TPSA) is 164 Å². The van der Waals surface area contributed by atoms with E-state index in [1.54, 1.807) is 0 Å². The van der Waals surface area contributed by atoms with Gasteiger partial charge < -0.3 is 25.8 Å². The number of aromatic nitrogens is 4. The van der Waals surface area contributed by atoms with Crippen LogP contribution < -0.4 is 11.2 Å². The van der Waals surface area contributed by atoms with Gasteiger partial charge in [0.15, 0.2) is 17.7 Å². The lowest BCUT2D eigenvalue weighted by atomic mass is 9.86. The van der Waals surface area contributed by atoms with Crippen LogP contribution in [0.3, 0.4) is 0 Å². The van der Waals surface area contributed by atoms with Gasteiger partial charge in [-0.2, -0.15) is 15.1 Å². The number of hydrazone groups is 1. The lowest BCUT2D eigenvalue weighted by molar-refractivity contribution is -0.0511. The molecular weight excluding hydrogens is 390 g/mol. The van der Waals surface area contributed by atoms with E-state index in [9.17, 15) is 15.3 Å². The van der Waals surface area contributed by atoms with E-state index in [0.29, 0.717) is 11.2 Å². The van der Waals surface area contributed by atoms with Crippen LogP contribution in [-0.2, 0) is 4.74 Å². The number of fused-ring (bicyclic) bond motifs is 1. The second kappa shape index (κ2) is 9.21. The van der Waals surface area contributed by atoms with Crippen molar-refractivity contribution in [2.24, 2.45) is 11.0 Å². The molecule has 3 heterocycles. The van der Waals surface area contributed by atoms with Crippen molar-refractivity contribution in [2.45, 2.75) is 69.5 Å². The van der Waals surface area contributed by atoms with Crippen LogP contribution >= 0.6 is 0 Å². The Kier molecular flexibility index (Phi) is 6.42. The maximum atomic E-state index is 10.3. The van der Waals surface area contributed by atoms with E-state index in [1.165, 1.54) is 43.0 Å². The van der Waals surface area contributed by atoms with Gasteiger partial charge in [0.25, 0.3) is 0 Å². The molecule has 164 valence electrons. The summed E-state index contributed by atoms with van der Waals surface area (Å²) < 4.78 is 7.03. The predicted molar refractivity (Wildman–Crippen MR) is 111 cm³/mol. The van der Waals surface area contributed by atoms with E-state index >= 15 is 0 Å². The Morgan fingerprint density at radius 2 is 2.03 bits per heavy atom. The maximum absolute atomic E-state index is 10.3. The summed E-state index contributed by atoms with van der Waals surface area (Å²) in [5, 5.41) is 33.8. The maximum Gasteiger partial charge on any atom is 0.247 e. The number of hydrogen-bond donors (Lipinski definition) is 5. The molecule has 0 amide bonds. The number of nitrogens with one attached hydrogen (secondary N) is 1. The molecule has 6 N–H and O–H groups in total. The van der Waals surface area contributed by atoms with Gasteiger partial charge >= 0.3 is 0 Å². The molecule has 11 nitrogen and oxygen atoms in total. The number of aliphatic hydroxyl groups excluding tert-OH is 3. The Labute approximate surface area is 174 Å². The van der Waals surface area contributed by atoms with E-state index in [4.69, 9.17) is 10.5 Å². The molecule has 1 saturated carbocycles. The SMILES string of the molecule is Nc1nc(N/N=C/CCC2CCCCC2)nc2c1ncn2C1O[C@H](CO)[C@@H](O)[C@H]1O. The second-order valence-corrected chi connectivity index (χ2v) is 7.99. The van der Waals surface area contributed by atoms with Gasteiger partial charge in [-0.05, 0) is 18.8 Å². The lowest BCUT2D eigenvalue weighted by Gasteiger charge is -2.20. The van der Waals surface area contributed by atoms with Crippen molar-refractivity contribution in [1.82, 2.24) is 19.5 Å². The molecule has 0 bridgehead atoms. The summed E-state index contributed by atoms with van der Waals surface area (Å²) in [5.41, 5.74) is 9.47. The molecule has 2 aliphatic rings.